The normalized spacial score (nSPS) is 23.9. The summed E-state index contributed by atoms with van der Waals surface area (Å²) in [6, 6.07) is 6.66. The minimum absolute atomic E-state index is 0.155. The van der Waals surface area contributed by atoms with Gasteiger partial charge in [-0.2, -0.15) is 0 Å². The predicted molar refractivity (Wildman–Crippen MR) is 74.2 cm³/mol. The van der Waals surface area contributed by atoms with E-state index < -0.39 is 0 Å². The predicted octanol–water partition coefficient (Wildman–Crippen LogP) is 3.26. The summed E-state index contributed by atoms with van der Waals surface area (Å²) in [5.41, 5.74) is 0.957. The molecule has 3 heteroatoms. The first-order chi connectivity index (χ1) is 9.04. The number of carbonyl (C=O) groups is 1. The summed E-state index contributed by atoms with van der Waals surface area (Å²) < 4.78 is 13.1. The molecule has 1 aromatic carbocycles. The van der Waals surface area contributed by atoms with Crippen LogP contribution in [0.25, 0.3) is 0 Å². The number of Topliss-reactive ketones (excluding diaryl/α,β-unsaturated/α-hetero) is 1. The number of rotatable bonds is 4. The molecule has 1 aliphatic rings. The number of hydrogen-bond donors (Lipinski definition) is 0. The van der Waals surface area contributed by atoms with Gasteiger partial charge in [0.05, 0.1) is 0 Å². The van der Waals surface area contributed by atoms with Crippen molar-refractivity contribution in [2.45, 2.75) is 32.7 Å². The molecular weight excluding hydrogens is 241 g/mol. The number of hydrogen-bond acceptors (Lipinski definition) is 2. The smallest absolute Gasteiger partial charge is 0.137 e. The fourth-order valence-corrected chi connectivity index (χ4v) is 2.89. The van der Waals surface area contributed by atoms with Crippen LogP contribution in [-0.2, 0) is 11.3 Å². The molecule has 0 saturated heterocycles. The molecule has 104 valence electrons. The van der Waals surface area contributed by atoms with Crippen LogP contribution in [0.3, 0.4) is 0 Å². The molecule has 1 aromatic rings. The Bertz CT molecular complexity index is 446. The van der Waals surface area contributed by atoms with Crippen molar-refractivity contribution in [1.29, 1.82) is 0 Å². The van der Waals surface area contributed by atoms with Crippen molar-refractivity contribution in [3.8, 4) is 0 Å². The van der Waals surface area contributed by atoms with Gasteiger partial charge in [-0.3, -0.25) is 4.79 Å². The summed E-state index contributed by atoms with van der Waals surface area (Å²) in [4.78, 5) is 14.0. The topological polar surface area (TPSA) is 20.3 Å². The fraction of sp³-hybridized carbons (Fsp3) is 0.562. The first-order valence-electron chi connectivity index (χ1n) is 7.00. The Labute approximate surface area is 114 Å². The van der Waals surface area contributed by atoms with Gasteiger partial charge in [0.2, 0.25) is 0 Å². The molecule has 0 aliphatic heterocycles. The van der Waals surface area contributed by atoms with Crippen molar-refractivity contribution in [3.63, 3.8) is 0 Å². The van der Waals surface area contributed by atoms with Crippen LogP contribution in [0, 0.1) is 17.7 Å². The summed E-state index contributed by atoms with van der Waals surface area (Å²) >= 11 is 0. The number of nitrogens with zero attached hydrogens (tertiary/aromatic N) is 1. The molecular formula is C16H22FNO. The fourth-order valence-electron chi connectivity index (χ4n) is 2.89. The van der Waals surface area contributed by atoms with E-state index in [1.165, 1.54) is 6.07 Å². The highest BCUT2D eigenvalue weighted by Crippen LogP contribution is 2.26. The molecule has 0 radical (unpaired) electrons. The van der Waals surface area contributed by atoms with Crippen molar-refractivity contribution in [1.82, 2.24) is 4.90 Å². The van der Waals surface area contributed by atoms with Crippen LogP contribution in [0.2, 0.25) is 0 Å². The molecule has 1 aliphatic carbocycles. The molecule has 1 fully saturated rings. The average molecular weight is 263 g/mol. The highest BCUT2D eigenvalue weighted by Gasteiger charge is 2.27. The van der Waals surface area contributed by atoms with Crippen molar-refractivity contribution in [2.24, 2.45) is 11.8 Å². The van der Waals surface area contributed by atoms with Gasteiger partial charge in [-0.15, -0.1) is 0 Å². The zero-order valence-corrected chi connectivity index (χ0v) is 11.7. The molecule has 0 N–H and O–H groups in total. The van der Waals surface area contributed by atoms with Crippen LogP contribution in [-0.4, -0.2) is 24.3 Å². The van der Waals surface area contributed by atoms with Gasteiger partial charge in [0.25, 0.3) is 0 Å². The Hall–Kier alpha value is -1.22. The quantitative estimate of drug-likeness (QED) is 0.831. The van der Waals surface area contributed by atoms with Crippen molar-refractivity contribution < 1.29 is 9.18 Å². The molecule has 2 rings (SSSR count). The van der Waals surface area contributed by atoms with E-state index in [1.54, 1.807) is 12.1 Å². The molecule has 19 heavy (non-hydrogen) atoms. The Morgan fingerprint density at radius 1 is 1.42 bits per heavy atom. The second kappa shape index (κ2) is 6.29. The Kier molecular flexibility index (Phi) is 4.70. The molecule has 0 bridgehead atoms. The van der Waals surface area contributed by atoms with Gasteiger partial charge in [-0.25, -0.2) is 4.39 Å². The Morgan fingerprint density at radius 3 is 2.95 bits per heavy atom. The molecule has 1 saturated carbocycles. The van der Waals surface area contributed by atoms with E-state index in [-0.39, 0.29) is 11.7 Å². The van der Waals surface area contributed by atoms with Crippen LogP contribution in [0.5, 0.6) is 0 Å². The second-order valence-electron chi connectivity index (χ2n) is 5.87. The first-order valence-corrected chi connectivity index (χ1v) is 7.00. The third-order valence-electron chi connectivity index (χ3n) is 3.90. The van der Waals surface area contributed by atoms with Gasteiger partial charge in [-0.05, 0) is 43.5 Å². The van der Waals surface area contributed by atoms with Gasteiger partial charge >= 0.3 is 0 Å². The zero-order valence-electron chi connectivity index (χ0n) is 11.7. The highest BCUT2D eigenvalue weighted by molar-refractivity contribution is 5.81. The lowest BCUT2D eigenvalue weighted by molar-refractivity contribution is -0.126. The van der Waals surface area contributed by atoms with E-state index in [1.807, 2.05) is 13.1 Å². The molecule has 2 atom stereocenters. The number of carbonyl (C=O) groups excluding carboxylic acids is 1. The van der Waals surface area contributed by atoms with E-state index in [4.69, 9.17) is 0 Å². The maximum absolute atomic E-state index is 13.1. The monoisotopic (exact) mass is 263 g/mol. The summed E-state index contributed by atoms with van der Waals surface area (Å²) in [6.07, 6.45) is 2.74. The first kappa shape index (κ1) is 14.2. The molecule has 2 nitrogen and oxygen atoms in total. The molecule has 0 amide bonds. The lowest BCUT2D eigenvalue weighted by atomic mass is 9.81. The molecule has 2 unspecified atom stereocenters. The molecule has 0 aromatic heterocycles. The zero-order chi connectivity index (χ0) is 13.8. The van der Waals surface area contributed by atoms with Crippen molar-refractivity contribution in [2.75, 3.05) is 13.6 Å². The third-order valence-corrected chi connectivity index (χ3v) is 3.90. The summed E-state index contributed by atoms with van der Waals surface area (Å²) in [6.45, 7) is 3.68. The van der Waals surface area contributed by atoms with Gasteiger partial charge in [0.1, 0.15) is 11.6 Å². The number of ketones is 1. The largest absolute Gasteiger partial charge is 0.301 e. The van der Waals surface area contributed by atoms with Gasteiger partial charge in [0.15, 0.2) is 0 Å². The second-order valence-corrected chi connectivity index (χ2v) is 5.87. The van der Waals surface area contributed by atoms with E-state index >= 15 is 0 Å². The van der Waals surface area contributed by atoms with Crippen molar-refractivity contribution >= 4 is 5.78 Å². The molecule has 0 heterocycles. The number of halogens is 1. The maximum Gasteiger partial charge on any atom is 0.137 e. The van der Waals surface area contributed by atoms with E-state index in [0.717, 1.165) is 31.4 Å². The Morgan fingerprint density at radius 2 is 2.21 bits per heavy atom. The minimum Gasteiger partial charge on any atom is -0.301 e. The van der Waals surface area contributed by atoms with E-state index in [2.05, 4.69) is 11.8 Å². The SMILES string of the molecule is CC1CCC(=O)C(CN(C)Cc2cccc(F)c2)C1. The maximum atomic E-state index is 13.1. The van der Waals surface area contributed by atoms with Gasteiger partial charge in [-0.1, -0.05) is 19.1 Å². The van der Waals surface area contributed by atoms with Gasteiger partial charge in [0, 0.05) is 25.4 Å². The Balaban J connectivity index is 1.90. The van der Waals surface area contributed by atoms with Crippen LogP contribution >= 0.6 is 0 Å². The van der Waals surface area contributed by atoms with Crippen LogP contribution in [0.1, 0.15) is 31.7 Å². The van der Waals surface area contributed by atoms with Crippen LogP contribution < -0.4 is 0 Å². The van der Waals surface area contributed by atoms with Crippen molar-refractivity contribution in [3.05, 3.63) is 35.6 Å². The standard InChI is InChI=1S/C16H22FNO/c1-12-6-7-16(19)14(8-12)11-18(2)10-13-4-3-5-15(17)9-13/h3-5,9,12,14H,6-8,10-11H2,1-2H3. The lowest BCUT2D eigenvalue weighted by Crippen LogP contribution is -2.34. The van der Waals surface area contributed by atoms with Crippen LogP contribution in [0.4, 0.5) is 4.39 Å². The van der Waals surface area contributed by atoms with E-state index in [9.17, 15) is 9.18 Å². The lowest BCUT2D eigenvalue weighted by Gasteiger charge is -2.29. The molecule has 0 spiro atoms. The highest BCUT2D eigenvalue weighted by atomic mass is 19.1. The average Bonchev–Trinajstić information content (AvgIpc) is 2.34. The van der Waals surface area contributed by atoms with E-state index in [0.29, 0.717) is 18.2 Å². The summed E-state index contributed by atoms with van der Waals surface area (Å²) in [5.74, 6) is 0.991. The summed E-state index contributed by atoms with van der Waals surface area (Å²) in [7, 11) is 2.00. The minimum atomic E-state index is -0.201. The number of benzene rings is 1. The van der Waals surface area contributed by atoms with Gasteiger partial charge < -0.3 is 4.90 Å². The summed E-state index contributed by atoms with van der Waals surface area (Å²) in [5, 5.41) is 0. The van der Waals surface area contributed by atoms with Crippen LogP contribution in [0.15, 0.2) is 24.3 Å². The third kappa shape index (κ3) is 4.13.